The third-order valence-electron chi connectivity index (χ3n) is 3.52. The van der Waals surface area contributed by atoms with Gasteiger partial charge in [0.15, 0.2) is 0 Å². The number of halogens is 2. The highest BCUT2D eigenvalue weighted by molar-refractivity contribution is 6.35. The number of alkyl carbamates (subject to hydrolysis) is 1. The standard InChI is InChI=1S/C19H25Cl2N3O3/c1-19(2,3)27-18(25)23-6-4-5-9-26-17-11-14(20)10-16(21)15(17)12-24-8-7-22-13-24/h7-8,10-11,13H,4-6,9,12H2,1-3H3,(H,23,25). The summed E-state index contributed by atoms with van der Waals surface area (Å²) < 4.78 is 13.0. The average molecular weight is 414 g/mol. The van der Waals surface area contributed by atoms with Gasteiger partial charge in [-0.25, -0.2) is 9.78 Å². The first-order valence-electron chi connectivity index (χ1n) is 8.78. The van der Waals surface area contributed by atoms with E-state index in [4.69, 9.17) is 32.7 Å². The molecule has 0 spiro atoms. The quantitative estimate of drug-likeness (QED) is 0.623. The number of unbranched alkanes of at least 4 members (excludes halogenated alkanes) is 1. The second kappa shape index (κ2) is 9.85. The molecule has 0 saturated heterocycles. The lowest BCUT2D eigenvalue weighted by Crippen LogP contribution is -2.33. The molecule has 1 aromatic heterocycles. The highest BCUT2D eigenvalue weighted by Gasteiger charge is 2.15. The Morgan fingerprint density at radius 2 is 2.04 bits per heavy atom. The number of aromatic nitrogens is 2. The second-order valence-electron chi connectivity index (χ2n) is 7.08. The first-order valence-corrected chi connectivity index (χ1v) is 9.53. The molecule has 2 rings (SSSR count). The Hall–Kier alpha value is -1.92. The normalized spacial score (nSPS) is 11.3. The van der Waals surface area contributed by atoms with E-state index in [-0.39, 0.29) is 0 Å². The maximum absolute atomic E-state index is 11.6. The molecule has 0 bridgehead atoms. The number of ether oxygens (including phenoxy) is 2. The average Bonchev–Trinajstić information content (AvgIpc) is 3.05. The number of amides is 1. The van der Waals surface area contributed by atoms with Crippen LogP contribution in [0, 0.1) is 0 Å². The number of hydrogen-bond donors (Lipinski definition) is 1. The van der Waals surface area contributed by atoms with E-state index in [0.29, 0.717) is 35.5 Å². The van der Waals surface area contributed by atoms with Crippen molar-refractivity contribution in [2.24, 2.45) is 0 Å². The van der Waals surface area contributed by atoms with E-state index < -0.39 is 11.7 Å². The zero-order chi connectivity index (χ0) is 19.9. The van der Waals surface area contributed by atoms with Crippen molar-refractivity contribution in [2.45, 2.75) is 45.8 Å². The molecule has 1 aromatic carbocycles. The van der Waals surface area contributed by atoms with Crippen molar-refractivity contribution in [3.63, 3.8) is 0 Å². The summed E-state index contributed by atoms with van der Waals surface area (Å²) in [7, 11) is 0. The van der Waals surface area contributed by atoms with Crippen LogP contribution in [0.5, 0.6) is 5.75 Å². The van der Waals surface area contributed by atoms with Crippen molar-refractivity contribution in [2.75, 3.05) is 13.2 Å². The van der Waals surface area contributed by atoms with Crippen molar-refractivity contribution in [1.29, 1.82) is 0 Å². The van der Waals surface area contributed by atoms with E-state index in [1.165, 1.54) is 0 Å². The SMILES string of the molecule is CC(C)(C)OC(=O)NCCCCOc1cc(Cl)cc(Cl)c1Cn1ccnc1. The minimum absolute atomic E-state index is 0.410. The zero-order valence-electron chi connectivity index (χ0n) is 15.8. The molecular formula is C19H25Cl2N3O3. The van der Waals surface area contributed by atoms with Crippen LogP contribution in [0.2, 0.25) is 10.0 Å². The van der Waals surface area contributed by atoms with E-state index in [2.05, 4.69) is 10.3 Å². The number of carbonyl (C=O) groups excluding carboxylic acids is 1. The molecule has 27 heavy (non-hydrogen) atoms. The fourth-order valence-electron chi connectivity index (χ4n) is 2.34. The number of nitrogens with one attached hydrogen (secondary N) is 1. The largest absolute Gasteiger partial charge is 0.493 e. The summed E-state index contributed by atoms with van der Waals surface area (Å²) in [6.45, 7) is 7.05. The third kappa shape index (κ3) is 7.69. The van der Waals surface area contributed by atoms with Gasteiger partial charge in [-0.1, -0.05) is 23.2 Å². The topological polar surface area (TPSA) is 65.4 Å². The summed E-state index contributed by atoms with van der Waals surface area (Å²) >= 11 is 12.5. The molecular weight excluding hydrogens is 389 g/mol. The Bertz CT molecular complexity index is 743. The molecule has 0 atom stereocenters. The molecule has 1 heterocycles. The molecule has 6 nitrogen and oxygen atoms in total. The number of hydrogen-bond acceptors (Lipinski definition) is 4. The van der Waals surface area contributed by atoms with Crippen molar-refractivity contribution in [3.05, 3.63) is 46.5 Å². The number of imidazole rings is 1. The van der Waals surface area contributed by atoms with Gasteiger partial charge in [-0.3, -0.25) is 0 Å². The maximum Gasteiger partial charge on any atom is 0.407 e. The van der Waals surface area contributed by atoms with Crippen LogP contribution < -0.4 is 10.1 Å². The van der Waals surface area contributed by atoms with Gasteiger partial charge < -0.3 is 19.4 Å². The first-order chi connectivity index (χ1) is 12.7. The van der Waals surface area contributed by atoms with Crippen LogP contribution in [0.15, 0.2) is 30.9 Å². The predicted molar refractivity (Wildman–Crippen MR) is 107 cm³/mol. The lowest BCUT2D eigenvalue weighted by molar-refractivity contribution is 0.0526. The molecule has 0 aliphatic heterocycles. The summed E-state index contributed by atoms with van der Waals surface area (Å²) in [6.07, 6.45) is 6.41. The highest BCUT2D eigenvalue weighted by Crippen LogP contribution is 2.32. The second-order valence-corrected chi connectivity index (χ2v) is 7.93. The van der Waals surface area contributed by atoms with Gasteiger partial charge in [0.1, 0.15) is 11.4 Å². The molecule has 0 unspecified atom stereocenters. The Balaban J connectivity index is 1.81. The summed E-state index contributed by atoms with van der Waals surface area (Å²) in [5.41, 5.74) is 0.357. The van der Waals surface area contributed by atoms with Gasteiger partial charge in [-0.15, -0.1) is 0 Å². The lowest BCUT2D eigenvalue weighted by atomic mass is 10.2. The smallest absolute Gasteiger partial charge is 0.407 e. The number of nitrogens with zero attached hydrogens (tertiary/aromatic N) is 2. The molecule has 0 aliphatic carbocycles. The van der Waals surface area contributed by atoms with Crippen molar-refractivity contribution in [3.8, 4) is 5.75 Å². The highest BCUT2D eigenvalue weighted by atomic mass is 35.5. The number of benzene rings is 1. The van der Waals surface area contributed by atoms with E-state index in [1.54, 1.807) is 24.7 Å². The van der Waals surface area contributed by atoms with Crippen LogP contribution in [0.1, 0.15) is 39.2 Å². The van der Waals surface area contributed by atoms with Crippen LogP contribution >= 0.6 is 23.2 Å². The Morgan fingerprint density at radius 3 is 2.70 bits per heavy atom. The Kier molecular flexibility index (Phi) is 7.80. The van der Waals surface area contributed by atoms with Crippen LogP contribution in [0.3, 0.4) is 0 Å². The van der Waals surface area contributed by atoms with Gasteiger partial charge in [0, 0.05) is 29.5 Å². The summed E-state index contributed by atoms with van der Waals surface area (Å²) in [6, 6.07) is 3.46. The fourth-order valence-corrected chi connectivity index (χ4v) is 2.87. The van der Waals surface area contributed by atoms with Crippen molar-refractivity contribution < 1.29 is 14.3 Å². The van der Waals surface area contributed by atoms with E-state index in [9.17, 15) is 4.79 Å². The van der Waals surface area contributed by atoms with E-state index >= 15 is 0 Å². The third-order valence-corrected chi connectivity index (χ3v) is 4.07. The van der Waals surface area contributed by atoms with Gasteiger partial charge in [-0.05, 0) is 45.7 Å². The fraction of sp³-hybridized carbons (Fsp3) is 0.474. The molecule has 0 radical (unpaired) electrons. The first kappa shape index (κ1) is 21.4. The summed E-state index contributed by atoms with van der Waals surface area (Å²) in [4.78, 5) is 15.6. The minimum atomic E-state index is -0.495. The lowest BCUT2D eigenvalue weighted by Gasteiger charge is -2.19. The summed E-state index contributed by atoms with van der Waals surface area (Å²) in [5.74, 6) is 0.654. The predicted octanol–water partition coefficient (Wildman–Crippen LogP) is 4.92. The molecule has 0 aliphatic rings. The Morgan fingerprint density at radius 1 is 1.26 bits per heavy atom. The maximum atomic E-state index is 11.6. The van der Waals surface area contributed by atoms with Gasteiger partial charge in [0.25, 0.3) is 0 Å². The Labute approximate surface area is 169 Å². The van der Waals surface area contributed by atoms with Crippen LogP contribution in [-0.4, -0.2) is 34.4 Å². The molecule has 0 fully saturated rings. The van der Waals surface area contributed by atoms with Gasteiger partial charge in [0.05, 0.1) is 24.5 Å². The van der Waals surface area contributed by atoms with Crippen molar-refractivity contribution >= 4 is 29.3 Å². The zero-order valence-corrected chi connectivity index (χ0v) is 17.3. The van der Waals surface area contributed by atoms with Gasteiger partial charge in [-0.2, -0.15) is 0 Å². The van der Waals surface area contributed by atoms with E-state index in [1.807, 2.05) is 31.5 Å². The molecule has 148 valence electrons. The molecule has 2 aromatic rings. The molecule has 1 N–H and O–H groups in total. The number of carbonyl (C=O) groups is 1. The molecule has 8 heteroatoms. The van der Waals surface area contributed by atoms with Gasteiger partial charge in [0.2, 0.25) is 0 Å². The minimum Gasteiger partial charge on any atom is -0.493 e. The van der Waals surface area contributed by atoms with Crippen LogP contribution in [0.4, 0.5) is 4.79 Å². The van der Waals surface area contributed by atoms with Crippen LogP contribution in [0.25, 0.3) is 0 Å². The van der Waals surface area contributed by atoms with E-state index in [0.717, 1.165) is 18.4 Å². The molecule has 1 amide bonds. The molecule has 0 saturated carbocycles. The van der Waals surface area contributed by atoms with Crippen LogP contribution in [-0.2, 0) is 11.3 Å². The number of rotatable bonds is 8. The summed E-state index contributed by atoms with van der Waals surface area (Å²) in [5, 5.41) is 3.81. The van der Waals surface area contributed by atoms with Crippen molar-refractivity contribution in [1.82, 2.24) is 14.9 Å². The van der Waals surface area contributed by atoms with Gasteiger partial charge >= 0.3 is 6.09 Å². The monoisotopic (exact) mass is 413 g/mol.